The van der Waals surface area contributed by atoms with Crippen molar-refractivity contribution in [2.45, 2.75) is 13.8 Å². The molecule has 0 amide bonds. The first-order chi connectivity index (χ1) is 9.28. The van der Waals surface area contributed by atoms with E-state index in [1.165, 1.54) is 11.1 Å². The van der Waals surface area contributed by atoms with Crippen LogP contribution in [0.4, 0.5) is 0 Å². The van der Waals surface area contributed by atoms with Crippen molar-refractivity contribution in [3.63, 3.8) is 0 Å². The van der Waals surface area contributed by atoms with E-state index >= 15 is 0 Å². The van der Waals surface area contributed by atoms with E-state index in [1.54, 1.807) is 0 Å². The van der Waals surface area contributed by atoms with E-state index in [9.17, 15) is 0 Å². The van der Waals surface area contributed by atoms with E-state index in [1.807, 2.05) is 32.2 Å². The Balaban J connectivity index is 2.00. The number of hydrogen-bond acceptors (Lipinski definition) is 2. The Hall–Kier alpha value is -2.29. The smallest absolute Gasteiger partial charge is 0.119 e. The maximum absolute atomic E-state index is 5.46. The summed E-state index contributed by atoms with van der Waals surface area (Å²) in [7, 11) is 0. The van der Waals surface area contributed by atoms with Gasteiger partial charge < -0.3 is 9.14 Å². The summed E-state index contributed by atoms with van der Waals surface area (Å²) < 4.78 is 7.56. The third-order valence-corrected chi connectivity index (χ3v) is 3.21. The lowest BCUT2D eigenvalue weighted by atomic mass is 10.1. The van der Waals surface area contributed by atoms with Gasteiger partial charge in [-0.3, -0.25) is 0 Å². The Morgan fingerprint density at radius 1 is 1.05 bits per heavy atom. The topological polar surface area (TPSA) is 26.5 Å². The van der Waals surface area contributed by atoms with Crippen molar-refractivity contribution in [1.82, 2.24) is 9.38 Å². The minimum Gasteiger partial charge on any atom is -0.494 e. The SMILES string of the molecule is CCOc1ccc(-c2ccc3cnc(C)n3c2)cc1. The number of imidazole rings is 1. The number of benzene rings is 1. The van der Waals surface area contributed by atoms with Crippen LogP contribution >= 0.6 is 0 Å². The van der Waals surface area contributed by atoms with Gasteiger partial charge in [0.05, 0.1) is 18.3 Å². The Bertz CT molecular complexity index is 698. The summed E-state index contributed by atoms with van der Waals surface area (Å²) >= 11 is 0. The van der Waals surface area contributed by atoms with Crippen molar-refractivity contribution >= 4 is 5.52 Å². The fourth-order valence-corrected chi connectivity index (χ4v) is 2.20. The second-order valence-electron chi connectivity index (χ2n) is 4.48. The van der Waals surface area contributed by atoms with Gasteiger partial charge in [-0.25, -0.2) is 4.98 Å². The summed E-state index contributed by atoms with van der Waals surface area (Å²) in [5, 5.41) is 0. The number of aryl methyl sites for hydroxylation is 1. The first-order valence-electron chi connectivity index (χ1n) is 6.45. The molecule has 0 aliphatic heterocycles. The lowest BCUT2D eigenvalue weighted by Gasteiger charge is -2.06. The van der Waals surface area contributed by atoms with Gasteiger partial charge in [0.15, 0.2) is 0 Å². The normalized spacial score (nSPS) is 10.8. The highest BCUT2D eigenvalue weighted by molar-refractivity contribution is 5.66. The lowest BCUT2D eigenvalue weighted by molar-refractivity contribution is 0.340. The van der Waals surface area contributed by atoms with Crippen molar-refractivity contribution in [2.24, 2.45) is 0 Å². The van der Waals surface area contributed by atoms with Gasteiger partial charge in [-0.05, 0) is 43.2 Å². The standard InChI is InChI=1S/C16H16N2O/c1-3-19-16-8-5-13(6-9-16)14-4-7-15-10-17-12(2)18(15)11-14/h4-11H,3H2,1-2H3. The fourth-order valence-electron chi connectivity index (χ4n) is 2.20. The van der Waals surface area contributed by atoms with Crippen molar-refractivity contribution in [1.29, 1.82) is 0 Å². The minimum absolute atomic E-state index is 0.694. The molecular formula is C16H16N2O. The van der Waals surface area contributed by atoms with Crippen LogP contribution in [0, 0.1) is 6.92 Å². The van der Waals surface area contributed by atoms with Gasteiger partial charge in [0, 0.05) is 6.20 Å². The Labute approximate surface area is 112 Å². The van der Waals surface area contributed by atoms with Gasteiger partial charge >= 0.3 is 0 Å². The van der Waals surface area contributed by atoms with Crippen LogP contribution in [0.5, 0.6) is 5.75 Å². The number of ether oxygens (including phenoxy) is 1. The van der Waals surface area contributed by atoms with Crippen LogP contribution in [0.25, 0.3) is 16.6 Å². The molecule has 0 aliphatic carbocycles. The van der Waals surface area contributed by atoms with Gasteiger partial charge in [-0.1, -0.05) is 18.2 Å². The van der Waals surface area contributed by atoms with E-state index in [4.69, 9.17) is 4.74 Å². The minimum atomic E-state index is 0.694. The monoisotopic (exact) mass is 252 g/mol. The number of pyridine rings is 1. The zero-order valence-corrected chi connectivity index (χ0v) is 11.1. The van der Waals surface area contributed by atoms with Crippen LogP contribution in [-0.2, 0) is 0 Å². The van der Waals surface area contributed by atoms with E-state index in [2.05, 4.69) is 39.8 Å². The molecular weight excluding hydrogens is 236 g/mol. The lowest BCUT2D eigenvalue weighted by Crippen LogP contribution is -1.91. The Morgan fingerprint density at radius 2 is 1.79 bits per heavy atom. The summed E-state index contributed by atoms with van der Waals surface area (Å²) in [5.74, 6) is 1.91. The van der Waals surface area contributed by atoms with Crippen LogP contribution in [0.15, 0.2) is 48.8 Å². The maximum Gasteiger partial charge on any atom is 0.119 e. The number of fused-ring (bicyclic) bond motifs is 1. The summed E-state index contributed by atoms with van der Waals surface area (Å²) in [6.07, 6.45) is 4.00. The number of nitrogens with zero attached hydrogens (tertiary/aromatic N) is 2. The molecule has 0 saturated heterocycles. The molecule has 0 fully saturated rings. The van der Waals surface area contributed by atoms with Crippen molar-refractivity contribution < 1.29 is 4.74 Å². The summed E-state index contributed by atoms with van der Waals surface area (Å²) in [5.41, 5.74) is 3.47. The highest BCUT2D eigenvalue weighted by Gasteiger charge is 2.02. The van der Waals surface area contributed by atoms with Gasteiger partial charge in [0.2, 0.25) is 0 Å². The molecule has 2 aromatic heterocycles. The van der Waals surface area contributed by atoms with Crippen LogP contribution in [0.1, 0.15) is 12.7 Å². The maximum atomic E-state index is 5.46. The van der Waals surface area contributed by atoms with E-state index in [0.717, 1.165) is 17.1 Å². The molecule has 3 rings (SSSR count). The van der Waals surface area contributed by atoms with E-state index in [-0.39, 0.29) is 0 Å². The molecule has 0 aliphatic rings. The third kappa shape index (κ3) is 2.19. The van der Waals surface area contributed by atoms with Gasteiger partial charge in [0.25, 0.3) is 0 Å². The van der Waals surface area contributed by atoms with Gasteiger partial charge in [0.1, 0.15) is 11.6 Å². The van der Waals surface area contributed by atoms with E-state index < -0.39 is 0 Å². The Morgan fingerprint density at radius 3 is 2.53 bits per heavy atom. The average molecular weight is 252 g/mol. The van der Waals surface area contributed by atoms with Crippen LogP contribution in [-0.4, -0.2) is 16.0 Å². The highest BCUT2D eigenvalue weighted by atomic mass is 16.5. The zero-order valence-electron chi connectivity index (χ0n) is 11.1. The first-order valence-corrected chi connectivity index (χ1v) is 6.45. The van der Waals surface area contributed by atoms with Gasteiger partial charge in [-0.15, -0.1) is 0 Å². The first kappa shape index (κ1) is 11.8. The highest BCUT2D eigenvalue weighted by Crippen LogP contribution is 2.23. The van der Waals surface area contributed by atoms with Gasteiger partial charge in [-0.2, -0.15) is 0 Å². The quantitative estimate of drug-likeness (QED) is 0.710. The molecule has 3 nitrogen and oxygen atoms in total. The number of aromatic nitrogens is 2. The molecule has 0 N–H and O–H groups in total. The number of rotatable bonds is 3. The molecule has 19 heavy (non-hydrogen) atoms. The summed E-state index contributed by atoms with van der Waals surface area (Å²) in [6, 6.07) is 12.4. The van der Waals surface area contributed by atoms with E-state index in [0.29, 0.717) is 6.61 Å². The molecule has 96 valence electrons. The summed E-state index contributed by atoms with van der Waals surface area (Å²) in [6.45, 7) is 4.69. The molecule has 0 bridgehead atoms. The van der Waals surface area contributed by atoms with Crippen molar-refractivity contribution in [2.75, 3.05) is 6.61 Å². The third-order valence-electron chi connectivity index (χ3n) is 3.21. The molecule has 0 spiro atoms. The van der Waals surface area contributed by atoms with Crippen molar-refractivity contribution in [3.05, 3.63) is 54.6 Å². The Kier molecular flexibility index (Phi) is 2.95. The second kappa shape index (κ2) is 4.76. The average Bonchev–Trinajstić information content (AvgIpc) is 2.81. The predicted octanol–water partition coefficient (Wildman–Crippen LogP) is 3.71. The van der Waals surface area contributed by atoms with Crippen LogP contribution in [0.2, 0.25) is 0 Å². The second-order valence-corrected chi connectivity index (χ2v) is 4.48. The molecule has 3 heteroatoms. The molecule has 2 heterocycles. The molecule has 1 aromatic carbocycles. The number of hydrogen-bond donors (Lipinski definition) is 0. The zero-order chi connectivity index (χ0) is 13.2. The molecule has 3 aromatic rings. The molecule has 0 saturated carbocycles. The van der Waals surface area contributed by atoms with Crippen LogP contribution < -0.4 is 4.74 Å². The molecule has 0 unspecified atom stereocenters. The predicted molar refractivity (Wildman–Crippen MR) is 76.5 cm³/mol. The largest absolute Gasteiger partial charge is 0.494 e. The molecule has 0 atom stereocenters. The summed E-state index contributed by atoms with van der Waals surface area (Å²) in [4.78, 5) is 4.31. The molecule has 0 radical (unpaired) electrons. The van der Waals surface area contributed by atoms with Crippen molar-refractivity contribution in [3.8, 4) is 16.9 Å². The van der Waals surface area contributed by atoms with Crippen LogP contribution in [0.3, 0.4) is 0 Å². The fraction of sp³-hybridized carbons (Fsp3) is 0.188.